The standard InChI is InChI=1S/C14H19ClN2O2/c1-17(11-5-6-16-9-11)14(18)7-10-3-4-12(19-2)8-13(10)15/h3-4,8,11,16H,5-7,9H2,1-2H3. The largest absolute Gasteiger partial charge is 0.497 e. The summed E-state index contributed by atoms with van der Waals surface area (Å²) in [5, 5.41) is 3.84. The summed E-state index contributed by atoms with van der Waals surface area (Å²) < 4.78 is 5.10. The van der Waals surface area contributed by atoms with Crippen molar-refractivity contribution in [3.05, 3.63) is 28.8 Å². The van der Waals surface area contributed by atoms with E-state index in [4.69, 9.17) is 16.3 Å². The van der Waals surface area contributed by atoms with Crippen LogP contribution in [-0.4, -0.2) is 44.1 Å². The second-order valence-electron chi connectivity index (χ2n) is 4.79. The van der Waals surface area contributed by atoms with E-state index in [1.54, 1.807) is 13.2 Å². The summed E-state index contributed by atoms with van der Waals surface area (Å²) in [5.41, 5.74) is 0.838. The predicted molar refractivity (Wildman–Crippen MR) is 75.8 cm³/mol. The molecule has 19 heavy (non-hydrogen) atoms. The number of hydrogen-bond acceptors (Lipinski definition) is 3. The summed E-state index contributed by atoms with van der Waals surface area (Å²) in [6.07, 6.45) is 1.34. The third-order valence-electron chi connectivity index (χ3n) is 3.58. The number of carbonyl (C=O) groups is 1. The van der Waals surface area contributed by atoms with Gasteiger partial charge < -0.3 is 15.0 Å². The highest BCUT2D eigenvalue weighted by molar-refractivity contribution is 6.31. The number of benzene rings is 1. The van der Waals surface area contributed by atoms with Crippen molar-refractivity contribution in [3.8, 4) is 5.75 Å². The van der Waals surface area contributed by atoms with Crippen molar-refractivity contribution >= 4 is 17.5 Å². The van der Waals surface area contributed by atoms with E-state index in [9.17, 15) is 4.79 Å². The Bertz CT molecular complexity index is 459. The number of amides is 1. The minimum Gasteiger partial charge on any atom is -0.497 e. The molecule has 1 N–H and O–H groups in total. The molecule has 0 aromatic heterocycles. The Morgan fingerprint density at radius 3 is 2.95 bits per heavy atom. The Kier molecular flexibility index (Phi) is 4.66. The number of carbonyl (C=O) groups excluding carboxylic acids is 1. The highest BCUT2D eigenvalue weighted by Gasteiger charge is 2.23. The van der Waals surface area contributed by atoms with Crippen molar-refractivity contribution < 1.29 is 9.53 Å². The maximum absolute atomic E-state index is 12.2. The quantitative estimate of drug-likeness (QED) is 0.914. The first-order valence-electron chi connectivity index (χ1n) is 6.40. The van der Waals surface area contributed by atoms with Crippen LogP contribution in [0, 0.1) is 0 Å². The van der Waals surface area contributed by atoms with Crippen LogP contribution < -0.4 is 10.1 Å². The van der Waals surface area contributed by atoms with E-state index in [-0.39, 0.29) is 5.91 Å². The van der Waals surface area contributed by atoms with Gasteiger partial charge in [0.1, 0.15) is 5.75 Å². The highest BCUT2D eigenvalue weighted by Crippen LogP contribution is 2.23. The van der Waals surface area contributed by atoms with Gasteiger partial charge in [0.2, 0.25) is 5.91 Å². The summed E-state index contributed by atoms with van der Waals surface area (Å²) in [5.74, 6) is 0.801. The molecule has 1 saturated heterocycles. The molecule has 1 fully saturated rings. The number of nitrogens with zero attached hydrogens (tertiary/aromatic N) is 1. The van der Waals surface area contributed by atoms with Crippen LogP contribution in [0.2, 0.25) is 5.02 Å². The van der Waals surface area contributed by atoms with Crippen molar-refractivity contribution in [2.24, 2.45) is 0 Å². The molecule has 0 radical (unpaired) electrons. The molecular weight excluding hydrogens is 264 g/mol. The van der Waals surface area contributed by atoms with Crippen LogP contribution in [0.1, 0.15) is 12.0 Å². The molecule has 1 unspecified atom stereocenters. The molecule has 1 atom stereocenters. The van der Waals surface area contributed by atoms with Crippen LogP contribution in [-0.2, 0) is 11.2 Å². The summed E-state index contributed by atoms with van der Waals surface area (Å²) >= 11 is 6.15. The summed E-state index contributed by atoms with van der Waals surface area (Å²) in [4.78, 5) is 14.0. The van der Waals surface area contributed by atoms with E-state index in [1.165, 1.54) is 0 Å². The van der Waals surface area contributed by atoms with Gasteiger partial charge in [0.25, 0.3) is 0 Å². The topological polar surface area (TPSA) is 41.6 Å². The normalized spacial score (nSPS) is 18.4. The van der Waals surface area contributed by atoms with Gasteiger partial charge in [-0.1, -0.05) is 17.7 Å². The highest BCUT2D eigenvalue weighted by atomic mass is 35.5. The molecule has 5 heteroatoms. The van der Waals surface area contributed by atoms with Gasteiger partial charge in [-0.3, -0.25) is 4.79 Å². The molecule has 0 saturated carbocycles. The van der Waals surface area contributed by atoms with Gasteiger partial charge in [-0.05, 0) is 30.7 Å². The van der Waals surface area contributed by atoms with Crippen LogP contribution in [0.15, 0.2) is 18.2 Å². The number of likely N-dealkylation sites (N-methyl/N-ethyl adjacent to an activating group) is 1. The molecular formula is C14H19ClN2O2. The fraction of sp³-hybridized carbons (Fsp3) is 0.500. The van der Waals surface area contributed by atoms with Gasteiger partial charge in [-0.2, -0.15) is 0 Å². The van der Waals surface area contributed by atoms with Gasteiger partial charge in [0.15, 0.2) is 0 Å². The molecule has 0 aliphatic carbocycles. The van der Waals surface area contributed by atoms with E-state index in [0.29, 0.717) is 23.2 Å². The molecule has 1 aliphatic heterocycles. The number of halogens is 1. The number of rotatable bonds is 4. The lowest BCUT2D eigenvalue weighted by Gasteiger charge is -2.24. The zero-order valence-electron chi connectivity index (χ0n) is 11.3. The molecule has 4 nitrogen and oxygen atoms in total. The second kappa shape index (κ2) is 6.26. The Labute approximate surface area is 118 Å². The Morgan fingerprint density at radius 2 is 2.37 bits per heavy atom. The first-order chi connectivity index (χ1) is 9.11. The zero-order valence-corrected chi connectivity index (χ0v) is 12.0. The SMILES string of the molecule is COc1ccc(CC(=O)N(C)C2CCNC2)c(Cl)c1. The lowest BCUT2D eigenvalue weighted by Crippen LogP contribution is -2.39. The molecule has 1 aromatic rings. The summed E-state index contributed by atoms with van der Waals surface area (Å²) in [7, 11) is 3.45. The Balaban J connectivity index is 2.01. The first-order valence-corrected chi connectivity index (χ1v) is 6.78. The number of ether oxygens (including phenoxy) is 1. The zero-order chi connectivity index (χ0) is 13.8. The van der Waals surface area contributed by atoms with E-state index >= 15 is 0 Å². The minimum atomic E-state index is 0.0979. The lowest BCUT2D eigenvalue weighted by molar-refractivity contribution is -0.130. The van der Waals surface area contributed by atoms with Gasteiger partial charge in [0.05, 0.1) is 13.5 Å². The second-order valence-corrected chi connectivity index (χ2v) is 5.19. The van der Waals surface area contributed by atoms with Crippen LogP contribution >= 0.6 is 11.6 Å². The maximum Gasteiger partial charge on any atom is 0.227 e. The third-order valence-corrected chi connectivity index (χ3v) is 3.93. The molecule has 0 bridgehead atoms. The minimum absolute atomic E-state index is 0.0979. The van der Waals surface area contributed by atoms with E-state index in [0.717, 1.165) is 25.1 Å². The average Bonchev–Trinajstić information content (AvgIpc) is 2.94. The number of methoxy groups -OCH3 is 1. The van der Waals surface area contributed by atoms with Crippen LogP contribution in [0.4, 0.5) is 0 Å². The van der Waals surface area contributed by atoms with Gasteiger partial charge in [-0.25, -0.2) is 0 Å². The van der Waals surface area contributed by atoms with Crippen LogP contribution in [0.5, 0.6) is 5.75 Å². The molecule has 104 valence electrons. The molecule has 1 aromatic carbocycles. The molecule has 2 rings (SSSR count). The van der Waals surface area contributed by atoms with E-state index < -0.39 is 0 Å². The predicted octanol–water partition coefficient (Wildman–Crippen LogP) is 1.71. The smallest absolute Gasteiger partial charge is 0.227 e. The Morgan fingerprint density at radius 1 is 1.58 bits per heavy atom. The van der Waals surface area contributed by atoms with Crippen molar-refractivity contribution in [1.82, 2.24) is 10.2 Å². The fourth-order valence-electron chi connectivity index (χ4n) is 2.26. The van der Waals surface area contributed by atoms with Crippen molar-refractivity contribution in [1.29, 1.82) is 0 Å². The maximum atomic E-state index is 12.2. The Hall–Kier alpha value is -1.26. The van der Waals surface area contributed by atoms with Crippen molar-refractivity contribution in [2.75, 3.05) is 27.2 Å². The first kappa shape index (κ1) is 14.2. The van der Waals surface area contributed by atoms with Crippen LogP contribution in [0.25, 0.3) is 0 Å². The fourth-order valence-corrected chi connectivity index (χ4v) is 2.50. The monoisotopic (exact) mass is 282 g/mol. The molecule has 1 aliphatic rings. The molecule has 1 amide bonds. The van der Waals surface area contributed by atoms with Gasteiger partial charge >= 0.3 is 0 Å². The van der Waals surface area contributed by atoms with Crippen molar-refractivity contribution in [2.45, 2.75) is 18.9 Å². The van der Waals surface area contributed by atoms with E-state index in [1.807, 2.05) is 24.1 Å². The van der Waals surface area contributed by atoms with Gasteiger partial charge in [-0.15, -0.1) is 0 Å². The van der Waals surface area contributed by atoms with Gasteiger partial charge in [0, 0.05) is 24.7 Å². The molecule has 1 heterocycles. The number of nitrogens with one attached hydrogen (secondary N) is 1. The van der Waals surface area contributed by atoms with Crippen LogP contribution in [0.3, 0.4) is 0 Å². The lowest BCUT2D eigenvalue weighted by atomic mass is 10.1. The van der Waals surface area contributed by atoms with Crippen molar-refractivity contribution in [3.63, 3.8) is 0 Å². The average molecular weight is 283 g/mol. The number of hydrogen-bond donors (Lipinski definition) is 1. The summed E-state index contributed by atoms with van der Waals surface area (Å²) in [6, 6.07) is 5.71. The van der Waals surface area contributed by atoms with E-state index in [2.05, 4.69) is 5.32 Å². The third kappa shape index (κ3) is 3.39. The molecule has 0 spiro atoms. The summed E-state index contributed by atoms with van der Waals surface area (Å²) in [6.45, 7) is 1.85.